The molecule has 0 saturated carbocycles. The Labute approximate surface area is 126 Å². The fraction of sp³-hybridized carbons (Fsp3) is 0.786. The number of nitrogens with one attached hydrogen (secondary N) is 1. The maximum atomic E-state index is 6.32. The fourth-order valence-electron chi connectivity index (χ4n) is 2.18. The summed E-state index contributed by atoms with van der Waals surface area (Å²) in [6.07, 6.45) is 2.77. The van der Waals surface area contributed by atoms with Crippen molar-refractivity contribution in [2.75, 3.05) is 26.9 Å². The normalized spacial score (nSPS) is 14.4. The van der Waals surface area contributed by atoms with Crippen LogP contribution in [0.25, 0.3) is 0 Å². The van der Waals surface area contributed by atoms with Gasteiger partial charge in [0, 0.05) is 13.7 Å². The monoisotopic (exact) mass is 303 g/mol. The molecule has 116 valence electrons. The van der Waals surface area contributed by atoms with Gasteiger partial charge in [-0.05, 0) is 26.8 Å². The molecule has 0 fully saturated rings. The predicted molar refractivity (Wildman–Crippen MR) is 81.2 cm³/mol. The van der Waals surface area contributed by atoms with Gasteiger partial charge in [0.2, 0.25) is 0 Å². The van der Waals surface area contributed by atoms with E-state index in [1.54, 1.807) is 13.3 Å². The van der Waals surface area contributed by atoms with Crippen LogP contribution < -0.4 is 5.32 Å². The first kappa shape index (κ1) is 17.4. The van der Waals surface area contributed by atoms with Gasteiger partial charge < -0.3 is 14.8 Å². The third-order valence-corrected chi connectivity index (χ3v) is 3.44. The average molecular weight is 304 g/mol. The van der Waals surface area contributed by atoms with Crippen molar-refractivity contribution in [3.8, 4) is 0 Å². The molecule has 0 amide bonds. The quantitative estimate of drug-likeness (QED) is 0.722. The van der Waals surface area contributed by atoms with Gasteiger partial charge in [0.05, 0.1) is 42.2 Å². The smallest absolute Gasteiger partial charge is 0.0835 e. The first-order chi connectivity index (χ1) is 9.65. The summed E-state index contributed by atoms with van der Waals surface area (Å²) in [5.41, 5.74) is 0.970. The number of aromatic nitrogens is 2. The highest BCUT2D eigenvalue weighted by Crippen LogP contribution is 2.26. The van der Waals surface area contributed by atoms with Crippen LogP contribution in [-0.2, 0) is 16.0 Å². The lowest BCUT2D eigenvalue weighted by molar-refractivity contribution is 0.0444. The summed E-state index contributed by atoms with van der Waals surface area (Å²) in [6, 6.07) is 0.0294. The molecule has 0 saturated heterocycles. The molecular weight excluding hydrogens is 278 g/mol. The first-order valence-electron chi connectivity index (χ1n) is 7.20. The molecule has 1 heterocycles. The number of hydrogen-bond acceptors (Lipinski definition) is 4. The second-order valence-corrected chi connectivity index (χ2v) is 5.09. The minimum absolute atomic E-state index is 0.0294. The molecule has 1 N–H and O–H groups in total. The fourth-order valence-corrected chi connectivity index (χ4v) is 2.44. The van der Waals surface area contributed by atoms with E-state index in [1.165, 1.54) is 0 Å². The lowest BCUT2D eigenvalue weighted by Gasteiger charge is -2.26. The van der Waals surface area contributed by atoms with Crippen molar-refractivity contribution >= 4 is 11.6 Å². The Morgan fingerprint density at radius 3 is 2.80 bits per heavy atom. The van der Waals surface area contributed by atoms with E-state index >= 15 is 0 Å². The van der Waals surface area contributed by atoms with Crippen molar-refractivity contribution in [2.45, 2.75) is 45.9 Å². The Kier molecular flexibility index (Phi) is 8.14. The Bertz CT molecular complexity index is 384. The minimum Gasteiger partial charge on any atom is -0.383 e. The number of methoxy groups -OCH3 is 1. The molecule has 1 rings (SSSR count). The van der Waals surface area contributed by atoms with Gasteiger partial charge in [-0.15, -0.1) is 0 Å². The van der Waals surface area contributed by atoms with Crippen LogP contribution in [0.5, 0.6) is 0 Å². The molecule has 0 aliphatic carbocycles. The highest BCUT2D eigenvalue weighted by atomic mass is 35.5. The number of ether oxygens (including phenoxy) is 2. The van der Waals surface area contributed by atoms with E-state index < -0.39 is 0 Å². The molecule has 5 nitrogen and oxygen atoms in total. The van der Waals surface area contributed by atoms with Gasteiger partial charge in [-0.2, -0.15) is 5.10 Å². The van der Waals surface area contributed by atoms with Crippen LogP contribution >= 0.6 is 11.6 Å². The Hall–Kier alpha value is -0.620. The lowest BCUT2D eigenvalue weighted by Crippen LogP contribution is -2.35. The molecular formula is C14H26ClN3O2. The van der Waals surface area contributed by atoms with Crippen LogP contribution in [0.2, 0.25) is 5.02 Å². The predicted octanol–water partition coefficient (Wildman–Crippen LogP) is 2.65. The summed E-state index contributed by atoms with van der Waals surface area (Å²) < 4.78 is 12.8. The van der Waals surface area contributed by atoms with Crippen LogP contribution in [0.15, 0.2) is 6.20 Å². The highest BCUT2D eigenvalue weighted by Gasteiger charge is 2.25. The van der Waals surface area contributed by atoms with Crippen LogP contribution in [0.4, 0.5) is 0 Å². The van der Waals surface area contributed by atoms with Crippen LogP contribution in [-0.4, -0.2) is 42.8 Å². The van der Waals surface area contributed by atoms with Crippen molar-refractivity contribution in [3.05, 3.63) is 16.9 Å². The number of rotatable bonds is 10. The summed E-state index contributed by atoms with van der Waals surface area (Å²) >= 11 is 6.32. The van der Waals surface area contributed by atoms with E-state index in [0.717, 1.165) is 18.7 Å². The van der Waals surface area contributed by atoms with Crippen LogP contribution in [0.3, 0.4) is 0 Å². The van der Waals surface area contributed by atoms with Gasteiger partial charge in [-0.25, -0.2) is 0 Å². The van der Waals surface area contributed by atoms with Gasteiger partial charge in [0.15, 0.2) is 0 Å². The van der Waals surface area contributed by atoms with Crippen LogP contribution in [0, 0.1) is 0 Å². The lowest BCUT2D eigenvalue weighted by atomic mass is 10.1. The maximum absolute atomic E-state index is 6.32. The van der Waals surface area contributed by atoms with Gasteiger partial charge in [-0.3, -0.25) is 4.68 Å². The zero-order valence-electron chi connectivity index (χ0n) is 12.9. The largest absolute Gasteiger partial charge is 0.383 e. The van der Waals surface area contributed by atoms with E-state index in [1.807, 2.05) is 11.6 Å². The zero-order valence-corrected chi connectivity index (χ0v) is 13.6. The Balaban J connectivity index is 2.95. The Morgan fingerprint density at radius 2 is 2.20 bits per heavy atom. The van der Waals surface area contributed by atoms with Crippen molar-refractivity contribution in [3.63, 3.8) is 0 Å². The van der Waals surface area contributed by atoms with Crippen molar-refractivity contribution in [1.82, 2.24) is 15.1 Å². The van der Waals surface area contributed by atoms with E-state index in [2.05, 4.69) is 24.3 Å². The topological polar surface area (TPSA) is 48.3 Å². The number of nitrogens with zero attached hydrogens (tertiary/aromatic N) is 2. The molecule has 20 heavy (non-hydrogen) atoms. The number of halogens is 1. The van der Waals surface area contributed by atoms with Crippen molar-refractivity contribution in [1.29, 1.82) is 0 Å². The zero-order chi connectivity index (χ0) is 15.0. The Morgan fingerprint density at radius 1 is 1.45 bits per heavy atom. The molecule has 0 spiro atoms. The molecule has 0 bridgehead atoms. The van der Waals surface area contributed by atoms with E-state index in [4.69, 9.17) is 21.1 Å². The standard InChI is InChI=1S/C14H26ClN3O2/c1-5-7-16-13(11(3)20-6-2)14-12(15)10-17-18(14)8-9-19-4/h10-11,13,16H,5-9H2,1-4H3. The maximum Gasteiger partial charge on any atom is 0.0835 e. The molecule has 6 heteroatoms. The van der Waals surface area contributed by atoms with Gasteiger partial charge in [0.25, 0.3) is 0 Å². The first-order valence-corrected chi connectivity index (χ1v) is 7.58. The SMILES string of the molecule is CCCNC(c1c(Cl)cnn1CCOC)C(C)OCC. The third-order valence-electron chi connectivity index (χ3n) is 3.15. The van der Waals surface area contributed by atoms with Gasteiger partial charge >= 0.3 is 0 Å². The molecule has 0 aliphatic heterocycles. The summed E-state index contributed by atoms with van der Waals surface area (Å²) in [4.78, 5) is 0. The number of hydrogen-bond donors (Lipinski definition) is 1. The molecule has 2 atom stereocenters. The molecule has 2 unspecified atom stereocenters. The average Bonchev–Trinajstić information content (AvgIpc) is 2.79. The molecule has 0 aliphatic rings. The molecule has 1 aromatic heterocycles. The second-order valence-electron chi connectivity index (χ2n) is 4.69. The van der Waals surface area contributed by atoms with E-state index in [9.17, 15) is 0 Å². The molecule has 1 aromatic rings. The third kappa shape index (κ3) is 4.74. The highest BCUT2D eigenvalue weighted by molar-refractivity contribution is 6.31. The summed E-state index contributed by atoms with van der Waals surface area (Å²) in [5.74, 6) is 0. The second kappa shape index (κ2) is 9.34. The van der Waals surface area contributed by atoms with E-state index in [0.29, 0.717) is 24.8 Å². The summed E-state index contributed by atoms with van der Waals surface area (Å²) in [6.45, 7) is 9.07. The summed E-state index contributed by atoms with van der Waals surface area (Å²) in [7, 11) is 1.68. The molecule has 0 aromatic carbocycles. The minimum atomic E-state index is 0.0294. The van der Waals surface area contributed by atoms with Crippen molar-refractivity contribution in [2.24, 2.45) is 0 Å². The van der Waals surface area contributed by atoms with Crippen molar-refractivity contribution < 1.29 is 9.47 Å². The van der Waals surface area contributed by atoms with Crippen LogP contribution in [0.1, 0.15) is 38.9 Å². The molecule has 0 radical (unpaired) electrons. The van der Waals surface area contributed by atoms with Gasteiger partial charge in [-0.1, -0.05) is 18.5 Å². The van der Waals surface area contributed by atoms with Gasteiger partial charge in [0.1, 0.15) is 0 Å². The summed E-state index contributed by atoms with van der Waals surface area (Å²) in [5, 5.41) is 8.50. The van der Waals surface area contributed by atoms with E-state index in [-0.39, 0.29) is 12.1 Å².